The molecule has 0 aliphatic carbocycles. The number of carbonyl (C=O) groups is 1. The number of nitrogens with zero attached hydrogens (tertiary/aromatic N) is 4. The van der Waals surface area contributed by atoms with Gasteiger partial charge in [0.15, 0.2) is 0 Å². The third kappa shape index (κ3) is 4.32. The first-order chi connectivity index (χ1) is 13.8. The van der Waals surface area contributed by atoms with Gasteiger partial charge in [-0.05, 0) is 51.7 Å². The first-order valence-electron chi connectivity index (χ1n) is 9.46. The summed E-state index contributed by atoms with van der Waals surface area (Å²) in [7, 11) is 7.52. The van der Waals surface area contributed by atoms with E-state index in [1.807, 2.05) is 63.9 Å². The summed E-state index contributed by atoms with van der Waals surface area (Å²) in [5.74, 6) is 0.615. The van der Waals surface area contributed by atoms with E-state index in [4.69, 9.17) is 4.74 Å². The molecule has 0 fully saturated rings. The van der Waals surface area contributed by atoms with Gasteiger partial charge in [0.2, 0.25) is 0 Å². The zero-order valence-electron chi connectivity index (χ0n) is 17.8. The molecule has 29 heavy (non-hydrogen) atoms. The van der Waals surface area contributed by atoms with E-state index in [1.54, 1.807) is 13.2 Å². The van der Waals surface area contributed by atoms with Crippen LogP contribution in [0.4, 0.5) is 0 Å². The molecule has 0 radical (unpaired) electrons. The lowest BCUT2D eigenvalue weighted by molar-refractivity contribution is 0.0937. The van der Waals surface area contributed by atoms with Crippen LogP contribution in [0.1, 0.15) is 33.5 Å². The molecule has 1 aromatic carbocycles. The molecular weight excluding hydrogens is 368 g/mol. The smallest absolute Gasteiger partial charge is 0.269 e. The molecule has 1 unspecified atom stereocenters. The van der Waals surface area contributed by atoms with Crippen LogP contribution >= 0.6 is 0 Å². The van der Waals surface area contributed by atoms with Gasteiger partial charge in [-0.1, -0.05) is 12.1 Å². The van der Waals surface area contributed by atoms with Crippen molar-refractivity contribution in [3.05, 3.63) is 53.0 Å². The van der Waals surface area contributed by atoms with Gasteiger partial charge in [0.1, 0.15) is 11.4 Å². The molecule has 2 aromatic heterocycles. The quantitative estimate of drug-likeness (QED) is 0.641. The molecule has 0 aliphatic heterocycles. The number of aryl methyl sites for hydroxylation is 2. The van der Waals surface area contributed by atoms with Gasteiger partial charge in [0.25, 0.3) is 5.91 Å². The van der Waals surface area contributed by atoms with Crippen LogP contribution in [-0.2, 0) is 7.05 Å². The summed E-state index contributed by atoms with van der Waals surface area (Å²) in [5, 5.41) is 14.6. The number of hydrogen-bond donors (Lipinski definition) is 2. The van der Waals surface area contributed by atoms with Gasteiger partial charge in [-0.25, -0.2) is 0 Å². The van der Waals surface area contributed by atoms with Crippen LogP contribution in [0, 0.1) is 13.8 Å². The highest BCUT2D eigenvalue weighted by Gasteiger charge is 2.19. The summed E-state index contributed by atoms with van der Waals surface area (Å²) in [6, 6.07) is 9.68. The predicted octanol–water partition coefficient (Wildman–Crippen LogP) is 2.47. The van der Waals surface area contributed by atoms with Crippen molar-refractivity contribution >= 4 is 5.91 Å². The lowest BCUT2D eigenvalue weighted by Crippen LogP contribution is -2.34. The minimum absolute atomic E-state index is 0.0371. The molecule has 0 saturated heterocycles. The number of likely N-dealkylation sites (N-methyl/N-ethyl adjacent to an activating group) is 1. The Labute approximate surface area is 170 Å². The van der Waals surface area contributed by atoms with Crippen molar-refractivity contribution in [2.24, 2.45) is 7.05 Å². The summed E-state index contributed by atoms with van der Waals surface area (Å²) < 4.78 is 7.04. The average Bonchev–Trinajstić information content (AvgIpc) is 3.26. The monoisotopic (exact) mass is 396 g/mol. The fourth-order valence-electron chi connectivity index (χ4n) is 3.42. The number of carbonyl (C=O) groups excluding carboxylic acids is 1. The Balaban J connectivity index is 1.71. The summed E-state index contributed by atoms with van der Waals surface area (Å²) in [6.07, 6.45) is 0. The molecule has 0 bridgehead atoms. The van der Waals surface area contributed by atoms with Gasteiger partial charge in [-0.2, -0.15) is 10.2 Å². The number of nitrogens with one attached hydrogen (secondary N) is 2. The summed E-state index contributed by atoms with van der Waals surface area (Å²) in [4.78, 5) is 14.8. The maximum absolute atomic E-state index is 12.7. The van der Waals surface area contributed by atoms with Crippen LogP contribution in [0.2, 0.25) is 0 Å². The second-order valence-corrected chi connectivity index (χ2v) is 7.30. The number of methoxy groups -OCH3 is 1. The Morgan fingerprint density at radius 2 is 1.97 bits per heavy atom. The highest BCUT2D eigenvalue weighted by Crippen LogP contribution is 2.25. The number of hydrogen-bond acceptors (Lipinski definition) is 5. The minimum atomic E-state index is -0.191. The van der Waals surface area contributed by atoms with E-state index < -0.39 is 0 Å². The number of benzene rings is 1. The molecule has 1 atom stereocenters. The van der Waals surface area contributed by atoms with Crippen molar-refractivity contribution in [1.29, 1.82) is 0 Å². The number of rotatable bonds is 7. The Kier molecular flexibility index (Phi) is 6.03. The maximum Gasteiger partial charge on any atom is 0.269 e. The predicted molar refractivity (Wildman–Crippen MR) is 112 cm³/mol. The van der Waals surface area contributed by atoms with E-state index in [2.05, 4.69) is 25.5 Å². The van der Waals surface area contributed by atoms with E-state index in [1.165, 1.54) is 0 Å². The van der Waals surface area contributed by atoms with Crippen LogP contribution in [0.3, 0.4) is 0 Å². The van der Waals surface area contributed by atoms with Crippen molar-refractivity contribution in [3.8, 4) is 17.0 Å². The van der Waals surface area contributed by atoms with Crippen LogP contribution in [0.5, 0.6) is 5.75 Å². The van der Waals surface area contributed by atoms with Crippen molar-refractivity contribution in [3.63, 3.8) is 0 Å². The first kappa shape index (κ1) is 20.6. The van der Waals surface area contributed by atoms with E-state index in [0.29, 0.717) is 12.2 Å². The van der Waals surface area contributed by atoms with Crippen molar-refractivity contribution in [2.75, 3.05) is 27.7 Å². The van der Waals surface area contributed by atoms with Gasteiger partial charge in [0.05, 0.1) is 24.5 Å². The standard InChI is InChI=1S/C21H28N6O2/c1-13-20(14(2)27(5)25-13)17-11-18(24-23-17)21(28)22-12-19(26(3)4)15-7-9-16(29-6)10-8-15/h7-11,19H,12H2,1-6H3,(H,22,28)(H,23,24). The molecule has 0 spiro atoms. The van der Waals surface area contributed by atoms with E-state index in [-0.39, 0.29) is 11.9 Å². The Morgan fingerprint density at radius 1 is 1.28 bits per heavy atom. The molecule has 3 aromatic rings. The highest BCUT2D eigenvalue weighted by molar-refractivity contribution is 5.93. The lowest BCUT2D eigenvalue weighted by Gasteiger charge is -2.25. The maximum atomic E-state index is 12.7. The molecule has 3 rings (SSSR count). The molecule has 0 aliphatic rings. The zero-order chi connectivity index (χ0) is 21.1. The lowest BCUT2D eigenvalue weighted by atomic mass is 10.1. The van der Waals surface area contributed by atoms with Gasteiger partial charge in [0, 0.05) is 24.8 Å². The van der Waals surface area contributed by atoms with Gasteiger partial charge in [-0.3, -0.25) is 14.6 Å². The fraction of sp³-hybridized carbons (Fsp3) is 0.381. The highest BCUT2D eigenvalue weighted by atomic mass is 16.5. The third-order valence-corrected chi connectivity index (χ3v) is 5.17. The van der Waals surface area contributed by atoms with Gasteiger partial charge < -0.3 is 15.0 Å². The summed E-state index contributed by atoms with van der Waals surface area (Å²) in [5.41, 5.74) is 5.09. The number of aromatic amines is 1. The topological polar surface area (TPSA) is 88.1 Å². The normalized spacial score (nSPS) is 12.2. The first-order valence-corrected chi connectivity index (χ1v) is 9.46. The van der Waals surface area contributed by atoms with Crippen LogP contribution < -0.4 is 10.1 Å². The number of ether oxygens (including phenoxy) is 1. The molecule has 8 nitrogen and oxygen atoms in total. The number of aromatic nitrogens is 4. The molecule has 1 amide bonds. The molecular formula is C21H28N6O2. The summed E-state index contributed by atoms with van der Waals surface area (Å²) in [6.45, 7) is 4.39. The molecule has 0 saturated carbocycles. The van der Waals surface area contributed by atoms with Gasteiger partial charge in [-0.15, -0.1) is 0 Å². The van der Waals surface area contributed by atoms with Crippen molar-refractivity contribution in [2.45, 2.75) is 19.9 Å². The van der Waals surface area contributed by atoms with E-state index in [0.717, 1.165) is 34.0 Å². The Morgan fingerprint density at radius 3 is 2.52 bits per heavy atom. The fourth-order valence-corrected chi connectivity index (χ4v) is 3.42. The Hall–Kier alpha value is -3.13. The van der Waals surface area contributed by atoms with Crippen molar-refractivity contribution < 1.29 is 9.53 Å². The Bertz CT molecular complexity index is 987. The van der Waals surface area contributed by atoms with Crippen LogP contribution in [0.25, 0.3) is 11.3 Å². The summed E-state index contributed by atoms with van der Waals surface area (Å²) >= 11 is 0. The molecule has 8 heteroatoms. The molecule has 2 N–H and O–H groups in total. The zero-order valence-corrected chi connectivity index (χ0v) is 17.8. The molecule has 2 heterocycles. The van der Waals surface area contributed by atoms with Gasteiger partial charge >= 0.3 is 0 Å². The van der Waals surface area contributed by atoms with Crippen LogP contribution in [0.15, 0.2) is 30.3 Å². The second kappa shape index (κ2) is 8.48. The van der Waals surface area contributed by atoms with Crippen LogP contribution in [-0.4, -0.2) is 58.5 Å². The van der Waals surface area contributed by atoms with E-state index in [9.17, 15) is 4.79 Å². The van der Waals surface area contributed by atoms with E-state index >= 15 is 0 Å². The number of amides is 1. The molecule has 154 valence electrons. The SMILES string of the molecule is COc1ccc(C(CNC(=O)c2cc(-c3c(C)nn(C)c3C)n[nH]2)N(C)C)cc1. The second-order valence-electron chi connectivity index (χ2n) is 7.30. The third-order valence-electron chi connectivity index (χ3n) is 5.17. The number of H-pyrrole nitrogens is 1. The van der Waals surface area contributed by atoms with Crippen molar-refractivity contribution in [1.82, 2.24) is 30.2 Å². The largest absolute Gasteiger partial charge is 0.497 e. The average molecular weight is 396 g/mol. The minimum Gasteiger partial charge on any atom is -0.497 e.